The van der Waals surface area contributed by atoms with Crippen molar-refractivity contribution in [2.24, 2.45) is 0 Å². The van der Waals surface area contributed by atoms with Crippen molar-refractivity contribution in [2.75, 3.05) is 19.6 Å². The number of urea groups is 1. The summed E-state index contributed by atoms with van der Waals surface area (Å²) in [5.41, 5.74) is 1.09. The summed E-state index contributed by atoms with van der Waals surface area (Å²) < 4.78 is 0. The largest absolute Gasteiger partial charge is 0.343 e. The van der Waals surface area contributed by atoms with Crippen molar-refractivity contribution < 1.29 is 14.4 Å². The van der Waals surface area contributed by atoms with Crippen LogP contribution in [0.25, 0.3) is 0 Å². The SMILES string of the molecule is O=C(CCC1NC(=O)N(CCc2ccccc2)C1=O)N1CCCCCC1. The van der Waals surface area contributed by atoms with Crippen LogP contribution >= 0.6 is 0 Å². The van der Waals surface area contributed by atoms with Crippen LogP contribution in [0.4, 0.5) is 4.79 Å². The maximum absolute atomic E-state index is 12.5. The first-order valence-corrected chi connectivity index (χ1v) is 9.59. The van der Waals surface area contributed by atoms with Gasteiger partial charge >= 0.3 is 6.03 Å². The van der Waals surface area contributed by atoms with E-state index in [1.165, 1.54) is 17.7 Å². The second-order valence-electron chi connectivity index (χ2n) is 7.06. The van der Waals surface area contributed by atoms with E-state index in [-0.39, 0.29) is 17.8 Å². The summed E-state index contributed by atoms with van der Waals surface area (Å²) >= 11 is 0. The number of amides is 4. The maximum atomic E-state index is 12.5. The summed E-state index contributed by atoms with van der Waals surface area (Å²) in [6, 6.07) is 8.87. The third kappa shape index (κ3) is 4.62. The Hall–Kier alpha value is -2.37. The Morgan fingerprint density at radius 2 is 1.73 bits per heavy atom. The Labute approximate surface area is 154 Å². The van der Waals surface area contributed by atoms with Gasteiger partial charge in [-0.3, -0.25) is 14.5 Å². The van der Waals surface area contributed by atoms with Gasteiger partial charge in [-0.1, -0.05) is 43.2 Å². The molecule has 0 bridgehead atoms. The lowest BCUT2D eigenvalue weighted by Crippen LogP contribution is -2.35. The van der Waals surface area contributed by atoms with Gasteiger partial charge in [0.25, 0.3) is 5.91 Å². The van der Waals surface area contributed by atoms with Crippen LogP contribution in [0.15, 0.2) is 30.3 Å². The zero-order valence-corrected chi connectivity index (χ0v) is 15.2. The molecule has 1 unspecified atom stereocenters. The van der Waals surface area contributed by atoms with E-state index in [0.29, 0.717) is 25.8 Å². The summed E-state index contributed by atoms with van der Waals surface area (Å²) in [7, 11) is 0. The van der Waals surface area contributed by atoms with E-state index in [1.54, 1.807) is 0 Å². The van der Waals surface area contributed by atoms with Gasteiger partial charge in [-0.15, -0.1) is 0 Å². The second-order valence-corrected chi connectivity index (χ2v) is 7.06. The highest BCUT2D eigenvalue weighted by Gasteiger charge is 2.37. The highest BCUT2D eigenvalue weighted by molar-refractivity contribution is 6.04. The molecule has 140 valence electrons. The molecule has 2 aliphatic rings. The maximum Gasteiger partial charge on any atom is 0.324 e. The number of nitrogens with one attached hydrogen (secondary N) is 1. The number of benzene rings is 1. The van der Waals surface area contributed by atoms with E-state index in [9.17, 15) is 14.4 Å². The molecule has 1 atom stereocenters. The molecule has 2 saturated heterocycles. The van der Waals surface area contributed by atoms with Crippen LogP contribution in [0.5, 0.6) is 0 Å². The number of carbonyl (C=O) groups excluding carboxylic acids is 3. The van der Waals surface area contributed by atoms with Gasteiger partial charge < -0.3 is 10.2 Å². The van der Waals surface area contributed by atoms with E-state index in [2.05, 4.69) is 5.32 Å². The van der Waals surface area contributed by atoms with E-state index < -0.39 is 6.04 Å². The molecule has 6 heteroatoms. The molecule has 0 aliphatic carbocycles. The normalized spacial score (nSPS) is 20.8. The molecule has 3 rings (SSSR count). The van der Waals surface area contributed by atoms with Crippen LogP contribution in [-0.4, -0.2) is 53.3 Å². The Bertz CT molecular complexity index is 639. The summed E-state index contributed by atoms with van der Waals surface area (Å²) in [5, 5.41) is 2.73. The summed E-state index contributed by atoms with van der Waals surface area (Å²) in [4.78, 5) is 40.2. The second kappa shape index (κ2) is 8.83. The number of imide groups is 1. The molecule has 0 spiro atoms. The Kier molecular flexibility index (Phi) is 6.26. The number of likely N-dealkylation sites (tertiary alicyclic amines) is 1. The molecule has 4 amide bonds. The molecule has 2 heterocycles. The van der Waals surface area contributed by atoms with E-state index in [1.807, 2.05) is 35.2 Å². The topological polar surface area (TPSA) is 69.7 Å². The molecule has 6 nitrogen and oxygen atoms in total. The smallest absolute Gasteiger partial charge is 0.324 e. The number of rotatable bonds is 6. The third-order valence-corrected chi connectivity index (χ3v) is 5.18. The molecule has 1 N–H and O–H groups in total. The fourth-order valence-corrected chi connectivity index (χ4v) is 3.62. The van der Waals surface area contributed by atoms with Crippen LogP contribution in [0.1, 0.15) is 44.1 Å². The van der Waals surface area contributed by atoms with Crippen LogP contribution in [0.3, 0.4) is 0 Å². The predicted octanol–water partition coefficient (Wildman–Crippen LogP) is 2.33. The van der Waals surface area contributed by atoms with Crippen LogP contribution in [0, 0.1) is 0 Å². The molecule has 0 aromatic heterocycles. The quantitative estimate of drug-likeness (QED) is 0.795. The summed E-state index contributed by atoms with van der Waals surface area (Å²) in [5.74, 6) is -0.119. The van der Waals surface area contributed by atoms with Crippen molar-refractivity contribution in [3.63, 3.8) is 0 Å². The van der Waals surface area contributed by atoms with Gasteiger partial charge in [0.15, 0.2) is 0 Å². The molecular weight excluding hydrogens is 330 g/mol. The standard InChI is InChI=1S/C20H27N3O3/c24-18(22-13-6-1-2-7-14-22)11-10-17-19(25)23(20(26)21-17)15-12-16-8-4-3-5-9-16/h3-5,8-9,17H,1-2,6-7,10-15H2,(H,21,26). The minimum atomic E-state index is -0.575. The average Bonchev–Trinajstić information content (AvgIpc) is 2.85. The highest BCUT2D eigenvalue weighted by atomic mass is 16.2. The number of hydrogen-bond donors (Lipinski definition) is 1. The van der Waals surface area contributed by atoms with Gasteiger partial charge in [-0.2, -0.15) is 0 Å². The molecular formula is C20H27N3O3. The van der Waals surface area contributed by atoms with Gasteiger partial charge in [-0.05, 0) is 31.2 Å². The lowest BCUT2D eigenvalue weighted by atomic mass is 10.1. The van der Waals surface area contributed by atoms with Gasteiger partial charge in [0.1, 0.15) is 6.04 Å². The van der Waals surface area contributed by atoms with E-state index in [4.69, 9.17) is 0 Å². The van der Waals surface area contributed by atoms with Crippen LogP contribution in [0.2, 0.25) is 0 Å². The first-order valence-electron chi connectivity index (χ1n) is 9.59. The van der Waals surface area contributed by atoms with Crippen molar-refractivity contribution in [1.82, 2.24) is 15.1 Å². The zero-order valence-electron chi connectivity index (χ0n) is 15.2. The first kappa shape index (κ1) is 18.4. The van der Waals surface area contributed by atoms with Gasteiger partial charge in [0, 0.05) is 26.1 Å². The Morgan fingerprint density at radius 1 is 1.04 bits per heavy atom. The molecule has 1 aromatic rings. The van der Waals surface area contributed by atoms with Gasteiger partial charge in [-0.25, -0.2) is 4.79 Å². The predicted molar refractivity (Wildman–Crippen MR) is 98.5 cm³/mol. The fourth-order valence-electron chi connectivity index (χ4n) is 3.62. The molecule has 2 aliphatic heterocycles. The van der Waals surface area contributed by atoms with E-state index in [0.717, 1.165) is 31.5 Å². The van der Waals surface area contributed by atoms with Crippen LogP contribution < -0.4 is 5.32 Å². The van der Waals surface area contributed by atoms with Crippen LogP contribution in [-0.2, 0) is 16.0 Å². The van der Waals surface area contributed by atoms with Crippen molar-refractivity contribution >= 4 is 17.8 Å². The highest BCUT2D eigenvalue weighted by Crippen LogP contribution is 2.15. The summed E-state index contributed by atoms with van der Waals surface area (Å²) in [6.07, 6.45) is 5.79. The zero-order chi connectivity index (χ0) is 18.4. The number of hydrogen-bond acceptors (Lipinski definition) is 3. The van der Waals surface area contributed by atoms with Crippen molar-refractivity contribution in [1.29, 1.82) is 0 Å². The third-order valence-electron chi connectivity index (χ3n) is 5.18. The molecule has 0 radical (unpaired) electrons. The lowest BCUT2D eigenvalue weighted by Gasteiger charge is -2.20. The molecule has 1 aromatic carbocycles. The van der Waals surface area contributed by atoms with Crippen molar-refractivity contribution in [3.8, 4) is 0 Å². The van der Waals surface area contributed by atoms with Crippen molar-refractivity contribution in [3.05, 3.63) is 35.9 Å². The molecule has 26 heavy (non-hydrogen) atoms. The average molecular weight is 357 g/mol. The minimum absolute atomic E-state index is 0.0942. The fraction of sp³-hybridized carbons (Fsp3) is 0.550. The van der Waals surface area contributed by atoms with E-state index >= 15 is 0 Å². The summed E-state index contributed by atoms with van der Waals surface area (Å²) in [6.45, 7) is 1.99. The number of carbonyl (C=O) groups is 3. The Morgan fingerprint density at radius 3 is 2.42 bits per heavy atom. The van der Waals surface area contributed by atoms with Gasteiger partial charge in [0.2, 0.25) is 5.91 Å². The molecule has 0 saturated carbocycles. The Balaban J connectivity index is 1.47. The molecule has 2 fully saturated rings. The minimum Gasteiger partial charge on any atom is -0.343 e. The lowest BCUT2D eigenvalue weighted by molar-refractivity contribution is -0.131. The van der Waals surface area contributed by atoms with Gasteiger partial charge in [0.05, 0.1) is 0 Å². The number of nitrogens with zero attached hydrogens (tertiary/aromatic N) is 2. The monoisotopic (exact) mass is 357 g/mol. The van der Waals surface area contributed by atoms with Crippen molar-refractivity contribution in [2.45, 2.75) is 51.0 Å². The first-order chi connectivity index (χ1) is 12.6.